The predicted molar refractivity (Wildman–Crippen MR) is 67.7 cm³/mol. The molecule has 0 nitrogen and oxygen atoms in total. The van der Waals surface area contributed by atoms with E-state index < -0.39 is 0 Å². The Morgan fingerprint density at radius 3 is 2.53 bits per heavy atom. The number of benzene rings is 1. The number of aryl methyl sites for hydroxylation is 1. The van der Waals surface area contributed by atoms with Gasteiger partial charge in [-0.1, -0.05) is 49.8 Å². The van der Waals surface area contributed by atoms with Crippen LogP contribution in [0.3, 0.4) is 0 Å². The monoisotopic (exact) mass is 201 g/mol. The molecule has 0 saturated heterocycles. The van der Waals surface area contributed by atoms with E-state index in [1.165, 1.54) is 31.2 Å². The smallest absolute Gasteiger partial charge is 0.0279 e. The number of hydrogen-bond donors (Lipinski definition) is 0. The summed E-state index contributed by atoms with van der Waals surface area (Å²) in [6.07, 6.45) is 7.91. The largest absolute Gasteiger partial charge is 0.103 e. The molecule has 0 spiro atoms. The average molecular weight is 201 g/mol. The Morgan fingerprint density at radius 2 is 1.87 bits per heavy atom. The third kappa shape index (κ3) is 5.41. The summed E-state index contributed by atoms with van der Waals surface area (Å²) in [6, 6.07) is 10.7. The SMILES string of the molecule is [CH2]C(CCC=C)CCCc1ccccc1. The van der Waals surface area contributed by atoms with E-state index in [0.717, 1.165) is 6.42 Å². The molecule has 0 heterocycles. The molecular weight excluding hydrogens is 180 g/mol. The van der Waals surface area contributed by atoms with Gasteiger partial charge in [0.1, 0.15) is 0 Å². The van der Waals surface area contributed by atoms with Crippen LogP contribution in [0.2, 0.25) is 0 Å². The second kappa shape index (κ2) is 7.28. The molecule has 1 aromatic carbocycles. The van der Waals surface area contributed by atoms with Crippen molar-refractivity contribution in [3.8, 4) is 0 Å². The molecule has 15 heavy (non-hydrogen) atoms. The summed E-state index contributed by atoms with van der Waals surface area (Å²) >= 11 is 0. The van der Waals surface area contributed by atoms with E-state index >= 15 is 0 Å². The first-order chi connectivity index (χ1) is 7.33. The van der Waals surface area contributed by atoms with Gasteiger partial charge in [0, 0.05) is 0 Å². The minimum absolute atomic E-state index is 0.590. The lowest BCUT2D eigenvalue weighted by molar-refractivity contribution is 0.524. The highest BCUT2D eigenvalue weighted by Crippen LogP contribution is 2.14. The van der Waals surface area contributed by atoms with Gasteiger partial charge in [0.2, 0.25) is 0 Å². The van der Waals surface area contributed by atoms with Gasteiger partial charge in [-0.3, -0.25) is 0 Å². The number of hydrogen-bond acceptors (Lipinski definition) is 0. The lowest BCUT2D eigenvalue weighted by Crippen LogP contribution is -1.96. The van der Waals surface area contributed by atoms with Gasteiger partial charge in [-0.2, -0.15) is 0 Å². The van der Waals surface area contributed by atoms with Crippen molar-refractivity contribution in [2.75, 3.05) is 0 Å². The first-order valence-electron chi connectivity index (χ1n) is 5.81. The average Bonchev–Trinajstić information content (AvgIpc) is 2.28. The van der Waals surface area contributed by atoms with E-state index in [1.54, 1.807) is 0 Å². The van der Waals surface area contributed by atoms with Crippen molar-refractivity contribution in [3.63, 3.8) is 0 Å². The van der Waals surface area contributed by atoms with E-state index in [2.05, 4.69) is 43.8 Å². The maximum absolute atomic E-state index is 4.16. The van der Waals surface area contributed by atoms with Gasteiger partial charge in [-0.05, 0) is 37.2 Å². The first kappa shape index (κ1) is 12.0. The van der Waals surface area contributed by atoms with Gasteiger partial charge in [-0.15, -0.1) is 6.58 Å². The molecule has 0 heteroatoms. The minimum atomic E-state index is 0.590. The van der Waals surface area contributed by atoms with E-state index in [0.29, 0.717) is 5.92 Å². The summed E-state index contributed by atoms with van der Waals surface area (Å²) in [7, 11) is 0. The Bertz CT molecular complexity index is 261. The van der Waals surface area contributed by atoms with Gasteiger partial charge in [0.05, 0.1) is 0 Å². The van der Waals surface area contributed by atoms with Crippen molar-refractivity contribution < 1.29 is 0 Å². The first-order valence-corrected chi connectivity index (χ1v) is 5.81. The molecule has 0 aliphatic rings. The van der Waals surface area contributed by atoms with Crippen LogP contribution in [0, 0.1) is 12.8 Å². The Labute approximate surface area is 94.0 Å². The summed E-state index contributed by atoms with van der Waals surface area (Å²) in [5, 5.41) is 0. The van der Waals surface area contributed by atoms with Gasteiger partial charge in [-0.25, -0.2) is 0 Å². The van der Waals surface area contributed by atoms with Gasteiger partial charge < -0.3 is 0 Å². The van der Waals surface area contributed by atoms with E-state index in [9.17, 15) is 0 Å². The Kier molecular flexibility index (Phi) is 5.84. The topological polar surface area (TPSA) is 0 Å². The van der Waals surface area contributed by atoms with E-state index in [-0.39, 0.29) is 0 Å². The van der Waals surface area contributed by atoms with Gasteiger partial charge in [0.25, 0.3) is 0 Å². The van der Waals surface area contributed by atoms with Gasteiger partial charge >= 0.3 is 0 Å². The standard InChI is InChI=1S/C15H21/c1-3-4-9-14(2)10-8-13-15-11-6-5-7-12-15/h3,5-7,11-12,14H,1-2,4,8-10,13H2. The highest BCUT2D eigenvalue weighted by molar-refractivity contribution is 5.14. The molecular formula is C15H21. The predicted octanol–water partition coefficient (Wildman–Crippen LogP) is 4.43. The molecule has 0 aliphatic heterocycles. The molecule has 0 aromatic heterocycles. The van der Waals surface area contributed by atoms with Gasteiger partial charge in [0.15, 0.2) is 0 Å². The molecule has 1 aromatic rings. The summed E-state index contributed by atoms with van der Waals surface area (Å²) < 4.78 is 0. The summed E-state index contributed by atoms with van der Waals surface area (Å²) in [6.45, 7) is 7.89. The molecule has 0 bridgehead atoms. The fourth-order valence-electron chi connectivity index (χ4n) is 1.74. The van der Waals surface area contributed by atoms with Crippen LogP contribution >= 0.6 is 0 Å². The molecule has 0 saturated carbocycles. The van der Waals surface area contributed by atoms with Crippen molar-refractivity contribution in [2.24, 2.45) is 5.92 Å². The van der Waals surface area contributed by atoms with Crippen LogP contribution in [0.5, 0.6) is 0 Å². The van der Waals surface area contributed by atoms with Crippen molar-refractivity contribution >= 4 is 0 Å². The quantitative estimate of drug-likeness (QED) is 0.573. The molecule has 81 valence electrons. The van der Waals surface area contributed by atoms with Crippen molar-refractivity contribution in [3.05, 3.63) is 55.5 Å². The highest BCUT2D eigenvalue weighted by atomic mass is 14.1. The van der Waals surface area contributed by atoms with Crippen LogP contribution in [0.15, 0.2) is 43.0 Å². The fourth-order valence-corrected chi connectivity index (χ4v) is 1.74. The van der Waals surface area contributed by atoms with Crippen LogP contribution in [0.25, 0.3) is 0 Å². The normalized spacial score (nSPS) is 12.3. The van der Waals surface area contributed by atoms with Crippen molar-refractivity contribution in [2.45, 2.75) is 32.1 Å². The van der Waals surface area contributed by atoms with Crippen LogP contribution in [-0.2, 0) is 6.42 Å². The Balaban J connectivity index is 2.13. The van der Waals surface area contributed by atoms with Crippen LogP contribution in [-0.4, -0.2) is 0 Å². The highest BCUT2D eigenvalue weighted by Gasteiger charge is 2.00. The van der Waals surface area contributed by atoms with Crippen LogP contribution in [0.4, 0.5) is 0 Å². The molecule has 0 N–H and O–H groups in total. The second-order valence-electron chi connectivity index (χ2n) is 4.11. The lowest BCUT2D eigenvalue weighted by Gasteiger charge is -2.09. The van der Waals surface area contributed by atoms with E-state index in [4.69, 9.17) is 0 Å². The van der Waals surface area contributed by atoms with E-state index in [1.807, 2.05) is 6.08 Å². The fraction of sp³-hybridized carbons (Fsp3) is 0.400. The minimum Gasteiger partial charge on any atom is -0.103 e. The molecule has 1 radical (unpaired) electrons. The molecule has 1 unspecified atom stereocenters. The second-order valence-corrected chi connectivity index (χ2v) is 4.11. The maximum atomic E-state index is 4.16. The molecule has 0 fully saturated rings. The molecule has 0 amide bonds. The zero-order valence-corrected chi connectivity index (χ0v) is 9.49. The van der Waals surface area contributed by atoms with Crippen LogP contribution in [0.1, 0.15) is 31.2 Å². The zero-order chi connectivity index (χ0) is 10.9. The van der Waals surface area contributed by atoms with Crippen LogP contribution < -0.4 is 0 Å². The third-order valence-corrected chi connectivity index (χ3v) is 2.70. The lowest BCUT2D eigenvalue weighted by atomic mass is 9.97. The maximum Gasteiger partial charge on any atom is -0.0279 e. The molecule has 1 rings (SSSR count). The summed E-state index contributed by atoms with van der Waals surface area (Å²) in [5.74, 6) is 0.590. The zero-order valence-electron chi connectivity index (χ0n) is 9.49. The summed E-state index contributed by atoms with van der Waals surface area (Å²) in [4.78, 5) is 0. The third-order valence-electron chi connectivity index (χ3n) is 2.70. The summed E-state index contributed by atoms with van der Waals surface area (Å²) in [5.41, 5.74) is 1.44. The Hall–Kier alpha value is -1.04. The van der Waals surface area contributed by atoms with Crippen molar-refractivity contribution in [1.82, 2.24) is 0 Å². The molecule has 0 aliphatic carbocycles. The number of rotatable bonds is 7. The number of allylic oxidation sites excluding steroid dienone is 1. The molecule has 1 atom stereocenters. The van der Waals surface area contributed by atoms with Crippen molar-refractivity contribution in [1.29, 1.82) is 0 Å². The Morgan fingerprint density at radius 1 is 1.13 bits per heavy atom.